The predicted molar refractivity (Wildman–Crippen MR) is 108 cm³/mol. The van der Waals surface area contributed by atoms with Crippen LogP contribution in [0, 0.1) is 0 Å². The molecular formula is C21H26ClNO5. The second-order valence-corrected chi connectivity index (χ2v) is 6.64. The molecule has 7 heteroatoms. The summed E-state index contributed by atoms with van der Waals surface area (Å²) in [5, 5.41) is 3.49. The fourth-order valence-corrected chi connectivity index (χ4v) is 2.70. The summed E-state index contributed by atoms with van der Waals surface area (Å²) in [5.41, 5.74) is 0.888. The molecule has 0 heterocycles. The van der Waals surface area contributed by atoms with Crippen molar-refractivity contribution in [1.82, 2.24) is 5.32 Å². The van der Waals surface area contributed by atoms with Crippen LogP contribution in [0.3, 0.4) is 0 Å². The van der Waals surface area contributed by atoms with Crippen LogP contribution < -0.4 is 19.5 Å². The summed E-state index contributed by atoms with van der Waals surface area (Å²) in [6, 6.07) is 12.3. The number of hydrogen-bond donors (Lipinski definition) is 1. The van der Waals surface area contributed by atoms with Crippen molar-refractivity contribution in [3.05, 3.63) is 53.1 Å². The highest BCUT2D eigenvalue weighted by Crippen LogP contribution is 2.30. The van der Waals surface area contributed by atoms with Gasteiger partial charge in [0.2, 0.25) is 0 Å². The second-order valence-electron chi connectivity index (χ2n) is 6.20. The minimum atomic E-state index is -0.667. The average Bonchev–Trinajstić information content (AvgIpc) is 2.68. The van der Waals surface area contributed by atoms with Crippen molar-refractivity contribution in [3.8, 4) is 17.2 Å². The fraction of sp³-hybridized carbons (Fsp3) is 0.381. The van der Waals surface area contributed by atoms with Crippen molar-refractivity contribution >= 4 is 17.5 Å². The number of amides is 1. The van der Waals surface area contributed by atoms with Gasteiger partial charge >= 0.3 is 0 Å². The smallest absolute Gasteiger partial charge is 0.261 e. The first-order valence-electron chi connectivity index (χ1n) is 8.97. The Balaban J connectivity index is 1.98. The van der Waals surface area contributed by atoms with Gasteiger partial charge in [0.05, 0.1) is 19.8 Å². The molecule has 152 valence electrons. The van der Waals surface area contributed by atoms with E-state index in [0.717, 1.165) is 5.56 Å². The lowest BCUT2D eigenvalue weighted by Crippen LogP contribution is -2.37. The monoisotopic (exact) mass is 407 g/mol. The molecule has 2 rings (SSSR count). The molecule has 0 radical (unpaired) electrons. The standard InChI is InChI=1S/C21H26ClNO5/c1-14(16-8-9-19(20(12-16)26-4)27-11-10-25-3)23-21(24)15(2)28-18-7-5-6-17(22)13-18/h5-9,12-15H,10-11H2,1-4H3,(H,23,24). The van der Waals surface area contributed by atoms with E-state index in [4.69, 9.17) is 30.5 Å². The summed E-state index contributed by atoms with van der Waals surface area (Å²) in [4.78, 5) is 12.5. The number of hydrogen-bond acceptors (Lipinski definition) is 5. The molecule has 28 heavy (non-hydrogen) atoms. The first-order valence-corrected chi connectivity index (χ1v) is 9.34. The van der Waals surface area contributed by atoms with Gasteiger partial charge in [-0.05, 0) is 49.7 Å². The highest BCUT2D eigenvalue weighted by Gasteiger charge is 2.19. The predicted octanol–water partition coefficient (Wildman–Crippen LogP) is 4.02. The average molecular weight is 408 g/mol. The Labute approximate surface area is 170 Å². The van der Waals surface area contributed by atoms with Crippen molar-refractivity contribution in [1.29, 1.82) is 0 Å². The van der Waals surface area contributed by atoms with Crippen LogP contribution in [-0.2, 0) is 9.53 Å². The third-order valence-electron chi connectivity index (χ3n) is 4.07. The molecule has 0 aliphatic carbocycles. The third-order valence-corrected chi connectivity index (χ3v) is 4.30. The van der Waals surface area contributed by atoms with E-state index in [1.165, 1.54) is 0 Å². The molecule has 0 spiro atoms. The Morgan fingerprint density at radius 2 is 1.86 bits per heavy atom. The van der Waals surface area contributed by atoms with Crippen molar-refractivity contribution < 1.29 is 23.7 Å². The van der Waals surface area contributed by atoms with E-state index in [1.54, 1.807) is 45.4 Å². The minimum absolute atomic E-state index is 0.230. The summed E-state index contributed by atoms with van der Waals surface area (Å²) in [5.74, 6) is 1.53. The topological polar surface area (TPSA) is 66.0 Å². The third kappa shape index (κ3) is 6.32. The van der Waals surface area contributed by atoms with E-state index in [9.17, 15) is 4.79 Å². The van der Waals surface area contributed by atoms with Gasteiger partial charge in [-0.3, -0.25) is 4.79 Å². The highest BCUT2D eigenvalue weighted by molar-refractivity contribution is 6.30. The molecule has 2 unspecified atom stereocenters. The molecule has 0 aromatic heterocycles. The van der Waals surface area contributed by atoms with Gasteiger partial charge < -0.3 is 24.3 Å². The molecule has 0 fully saturated rings. The maximum atomic E-state index is 12.5. The number of nitrogens with one attached hydrogen (secondary N) is 1. The molecule has 6 nitrogen and oxygen atoms in total. The van der Waals surface area contributed by atoms with E-state index < -0.39 is 6.10 Å². The van der Waals surface area contributed by atoms with E-state index in [2.05, 4.69) is 5.32 Å². The Kier molecular flexibility index (Phi) is 8.42. The van der Waals surface area contributed by atoms with E-state index in [-0.39, 0.29) is 11.9 Å². The van der Waals surface area contributed by atoms with Gasteiger partial charge in [0.1, 0.15) is 12.4 Å². The molecular weight excluding hydrogens is 382 g/mol. The van der Waals surface area contributed by atoms with Gasteiger partial charge in [-0.1, -0.05) is 23.7 Å². The molecule has 1 amide bonds. The van der Waals surface area contributed by atoms with Crippen LogP contribution >= 0.6 is 11.6 Å². The number of ether oxygens (including phenoxy) is 4. The number of halogens is 1. The lowest BCUT2D eigenvalue weighted by Gasteiger charge is -2.20. The molecule has 2 aromatic rings. The Morgan fingerprint density at radius 1 is 1.07 bits per heavy atom. The summed E-state index contributed by atoms with van der Waals surface area (Å²) in [7, 11) is 3.19. The van der Waals surface area contributed by atoms with Crippen molar-refractivity contribution in [3.63, 3.8) is 0 Å². The summed E-state index contributed by atoms with van der Waals surface area (Å²) >= 11 is 5.94. The Hall–Kier alpha value is -2.44. The lowest BCUT2D eigenvalue weighted by molar-refractivity contribution is -0.127. The first kappa shape index (κ1) is 21.9. The van der Waals surface area contributed by atoms with Crippen LogP contribution in [0.1, 0.15) is 25.5 Å². The van der Waals surface area contributed by atoms with Crippen LogP contribution in [0.25, 0.3) is 0 Å². The van der Waals surface area contributed by atoms with E-state index in [0.29, 0.717) is 35.5 Å². The maximum Gasteiger partial charge on any atom is 0.261 e. The van der Waals surface area contributed by atoms with Crippen LogP contribution in [0.2, 0.25) is 5.02 Å². The number of carbonyl (C=O) groups excluding carboxylic acids is 1. The second kappa shape index (κ2) is 10.8. The number of benzene rings is 2. The minimum Gasteiger partial charge on any atom is -0.493 e. The van der Waals surface area contributed by atoms with Gasteiger partial charge in [0, 0.05) is 12.1 Å². The van der Waals surface area contributed by atoms with Gasteiger partial charge in [-0.15, -0.1) is 0 Å². The van der Waals surface area contributed by atoms with Crippen molar-refractivity contribution in [2.75, 3.05) is 27.4 Å². The highest BCUT2D eigenvalue weighted by atomic mass is 35.5. The number of methoxy groups -OCH3 is 2. The molecule has 0 saturated carbocycles. The SMILES string of the molecule is COCCOc1ccc(C(C)NC(=O)C(C)Oc2cccc(Cl)c2)cc1OC. The molecule has 2 atom stereocenters. The normalized spacial score (nSPS) is 12.8. The van der Waals surface area contributed by atoms with Crippen LogP contribution in [-0.4, -0.2) is 39.4 Å². The zero-order valence-electron chi connectivity index (χ0n) is 16.5. The number of rotatable bonds is 10. The lowest BCUT2D eigenvalue weighted by atomic mass is 10.1. The summed E-state index contributed by atoms with van der Waals surface area (Å²) in [6.45, 7) is 4.50. The quantitative estimate of drug-likeness (QED) is 0.602. The van der Waals surface area contributed by atoms with Gasteiger partial charge in [-0.2, -0.15) is 0 Å². The molecule has 0 aliphatic rings. The number of carbonyl (C=O) groups is 1. The molecule has 0 aliphatic heterocycles. The summed E-state index contributed by atoms with van der Waals surface area (Å²) in [6.07, 6.45) is -0.667. The maximum absolute atomic E-state index is 12.5. The van der Waals surface area contributed by atoms with Crippen molar-refractivity contribution in [2.45, 2.75) is 26.0 Å². The molecule has 0 saturated heterocycles. The fourth-order valence-electron chi connectivity index (χ4n) is 2.52. The van der Waals surface area contributed by atoms with Gasteiger partial charge in [0.15, 0.2) is 17.6 Å². The van der Waals surface area contributed by atoms with Crippen LogP contribution in [0.5, 0.6) is 17.2 Å². The molecule has 2 aromatic carbocycles. The van der Waals surface area contributed by atoms with E-state index >= 15 is 0 Å². The Bertz CT molecular complexity index is 783. The molecule has 1 N–H and O–H groups in total. The Morgan fingerprint density at radius 3 is 2.54 bits per heavy atom. The largest absolute Gasteiger partial charge is 0.493 e. The summed E-state index contributed by atoms with van der Waals surface area (Å²) < 4.78 is 21.7. The first-order chi connectivity index (χ1) is 13.4. The van der Waals surface area contributed by atoms with Gasteiger partial charge in [0.25, 0.3) is 5.91 Å². The van der Waals surface area contributed by atoms with Crippen molar-refractivity contribution in [2.24, 2.45) is 0 Å². The zero-order valence-corrected chi connectivity index (χ0v) is 17.3. The van der Waals surface area contributed by atoms with Crippen LogP contribution in [0.4, 0.5) is 0 Å². The zero-order chi connectivity index (χ0) is 20.5. The van der Waals surface area contributed by atoms with E-state index in [1.807, 2.05) is 25.1 Å². The molecule has 0 bridgehead atoms. The van der Waals surface area contributed by atoms with Crippen LogP contribution in [0.15, 0.2) is 42.5 Å². The van der Waals surface area contributed by atoms with Gasteiger partial charge in [-0.25, -0.2) is 0 Å².